The average Bonchev–Trinajstić information content (AvgIpc) is 2.56. The Hall–Kier alpha value is -0.890. The van der Waals surface area contributed by atoms with E-state index in [2.05, 4.69) is 24.0 Å². The highest BCUT2D eigenvalue weighted by molar-refractivity contribution is 5.13. The molecule has 0 saturated heterocycles. The van der Waals surface area contributed by atoms with E-state index >= 15 is 0 Å². The third-order valence-corrected chi connectivity index (χ3v) is 3.16. The summed E-state index contributed by atoms with van der Waals surface area (Å²) in [4.78, 5) is 4.42. The van der Waals surface area contributed by atoms with Crippen molar-refractivity contribution in [3.63, 3.8) is 0 Å². The molecule has 1 aromatic rings. The van der Waals surface area contributed by atoms with Gasteiger partial charge in [-0.15, -0.1) is 0 Å². The van der Waals surface area contributed by atoms with Gasteiger partial charge in [0, 0.05) is 17.9 Å². The van der Waals surface area contributed by atoms with Gasteiger partial charge in [0.05, 0.1) is 0 Å². The zero-order valence-corrected chi connectivity index (χ0v) is 8.74. The molecule has 76 valence electrons. The molecule has 2 nitrogen and oxygen atoms in total. The molecule has 1 aromatic heterocycles. The predicted octanol–water partition coefficient (Wildman–Crippen LogP) is 2.06. The second-order valence-corrected chi connectivity index (χ2v) is 4.39. The fourth-order valence-corrected chi connectivity index (χ4v) is 2.21. The minimum atomic E-state index is 0.401. The van der Waals surface area contributed by atoms with E-state index in [1.807, 2.05) is 6.20 Å². The van der Waals surface area contributed by atoms with Gasteiger partial charge in [-0.2, -0.15) is 0 Å². The standard InChI is InChI=1S/C12H18N2/c1-9-5-6-11(14-8-9)7-10-3-2-4-12(10)13/h5-6,8,10,12H,2-4,7,13H2,1H3. The molecule has 0 aliphatic heterocycles. The molecular formula is C12H18N2. The zero-order valence-electron chi connectivity index (χ0n) is 8.74. The molecule has 2 rings (SSSR count). The van der Waals surface area contributed by atoms with Gasteiger partial charge in [-0.05, 0) is 43.7 Å². The van der Waals surface area contributed by atoms with Crippen molar-refractivity contribution in [2.24, 2.45) is 11.7 Å². The van der Waals surface area contributed by atoms with E-state index in [4.69, 9.17) is 5.73 Å². The normalized spacial score (nSPS) is 26.7. The highest BCUT2D eigenvalue weighted by Gasteiger charge is 2.24. The summed E-state index contributed by atoms with van der Waals surface area (Å²) in [6.45, 7) is 2.07. The Morgan fingerprint density at radius 3 is 2.86 bits per heavy atom. The molecule has 0 bridgehead atoms. The number of aryl methyl sites for hydroxylation is 1. The van der Waals surface area contributed by atoms with Gasteiger partial charge in [0.1, 0.15) is 0 Å². The lowest BCUT2D eigenvalue weighted by molar-refractivity contribution is 0.474. The molecule has 0 radical (unpaired) electrons. The summed E-state index contributed by atoms with van der Waals surface area (Å²) in [5, 5.41) is 0. The Balaban J connectivity index is 2.00. The largest absolute Gasteiger partial charge is 0.327 e. The lowest BCUT2D eigenvalue weighted by Gasteiger charge is -2.14. The summed E-state index contributed by atoms with van der Waals surface area (Å²) < 4.78 is 0. The van der Waals surface area contributed by atoms with E-state index in [1.165, 1.54) is 30.5 Å². The Morgan fingerprint density at radius 1 is 1.43 bits per heavy atom. The van der Waals surface area contributed by atoms with Crippen molar-refractivity contribution in [1.29, 1.82) is 0 Å². The van der Waals surface area contributed by atoms with Crippen LogP contribution >= 0.6 is 0 Å². The van der Waals surface area contributed by atoms with Gasteiger partial charge in [0.15, 0.2) is 0 Å². The number of hydrogen-bond acceptors (Lipinski definition) is 2. The molecule has 1 fully saturated rings. The van der Waals surface area contributed by atoms with Crippen LogP contribution in [0, 0.1) is 12.8 Å². The maximum Gasteiger partial charge on any atom is 0.0407 e. The van der Waals surface area contributed by atoms with Crippen LogP contribution in [0.2, 0.25) is 0 Å². The van der Waals surface area contributed by atoms with E-state index < -0.39 is 0 Å². The molecule has 0 aromatic carbocycles. The summed E-state index contributed by atoms with van der Waals surface area (Å²) in [7, 11) is 0. The summed E-state index contributed by atoms with van der Waals surface area (Å²) in [6, 6.07) is 4.65. The van der Waals surface area contributed by atoms with Crippen molar-refractivity contribution in [2.45, 2.75) is 38.6 Å². The first-order valence-electron chi connectivity index (χ1n) is 5.43. The predicted molar refractivity (Wildman–Crippen MR) is 58.0 cm³/mol. The molecule has 2 N–H and O–H groups in total. The van der Waals surface area contributed by atoms with Crippen LogP contribution in [0.25, 0.3) is 0 Å². The van der Waals surface area contributed by atoms with Crippen LogP contribution in [0.3, 0.4) is 0 Å². The first-order chi connectivity index (χ1) is 6.75. The molecule has 0 spiro atoms. The Kier molecular flexibility index (Phi) is 2.82. The minimum absolute atomic E-state index is 0.401. The minimum Gasteiger partial charge on any atom is -0.327 e. The van der Waals surface area contributed by atoms with Gasteiger partial charge in [-0.25, -0.2) is 0 Å². The van der Waals surface area contributed by atoms with E-state index in [9.17, 15) is 0 Å². The Bertz CT molecular complexity index is 292. The smallest absolute Gasteiger partial charge is 0.0407 e. The third-order valence-electron chi connectivity index (χ3n) is 3.16. The van der Waals surface area contributed by atoms with Crippen molar-refractivity contribution >= 4 is 0 Å². The maximum absolute atomic E-state index is 6.03. The Morgan fingerprint density at radius 2 is 2.29 bits per heavy atom. The van der Waals surface area contributed by atoms with E-state index in [-0.39, 0.29) is 0 Å². The molecule has 2 heteroatoms. The molecule has 2 atom stereocenters. The maximum atomic E-state index is 6.03. The van der Waals surface area contributed by atoms with Crippen LogP contribution < -0.4 is 5.73 Å². The van der Waals surface area contributed by atoms with Crippen molar-refractivity contribution in [3.8, 4) is 0 Å². The highest BCUT2D eigenvalue weighted by Crippen LogP contribution is 2.26. The summed E-state index contributed by atoms with van der Waals surface area (Å²) in [5.41, 5.74) is 8.45. The molecule has 2 unspecified atom stereocenters. The quantitative estimate of drug-likeness (QED) is 0.775. The molecular weight excluding hydrogens is 172 g/mol. The van der Waals surface area contributed by atoms with Crippen LogP contribution in [0.15, 0.2) is 18.3 Å². The fourth-order valence-electron chi connectivity index (χ4n) is 2.21. The lowest BCUT2D eigenvalue weighted by atomic mass is 9.98. The topological polar surface area (TPSA) is 38.9 Å². The van der Waals surface area contributed by atoms with Crippen LogP contribution in [-0.4, -0.2) is 11.0 Å². The van der Waals surface area contributed by atoms with Crippen LogP contribution in [-0.2, 0) is 6.42 Å². The number of aromatic nitrogens is 1. The molecule has 1 heterocycles. The van der Waals surface area contributed by atoms with Gasteiger partial charge in [0.25, 0.3) is 0 Å². The number of nitrogens with two attached hydrogens (primary N) is 1. The van der Waals surface area contributed by atoms with Crippen molar-refractivity contribution < 1.29 is 0 Å². The molecule has 1 aliphatic carbocycles. The first kappa shape index (κ1) is 9.66. The van der Waals surface area contributed by atoms with Crippen LogP contribution in [0.1, 0.15) is 30.5 Å². The summed E-state index contributed by atoms with van der Waals surface area (Å²) in [6.07, 6.45) is 6.75. The summed E-state index contributed by atoms with van der Waals surface area (Å²) in [5.74, 6) is 0.658. The van der Waals surface area contributed by atoms with Crippen LogP contribution in [0.5, 0.6) is 0 Å². The third kappa shape index (κ3) is 2.13. The van der Waals surface area contributed by atoms with E-state index in [0.29, 0.717) is 12.0 Å². The van der Waals surface area contributed by atoms with Crippen molar-refractivity contribution in [2.75, 3.05) is 0 Å². The fraction of sp³-hybridized carbons (Fsp3) is 0.583. The Labute approximate surface area is 85.5 Å². The molecule has 1 saturated carbocycles. The molecule has 14 heavy (non-hydrogen) atoms. The summed E-state index contributed by atoms with van der Waals surface area (Å²) >= 11 is 0. The van der Waals surface area contributed by atoms with Gasteiger partial charge >= 0.3 is 0 Å². The SMILES string of the molecule is Cc1ccc(CC2CCCC2N)nc1. The monoisotopic (exact) mass is 190 g/mol. The van der Waals surface area contributed by atoms with Gasteiger partial charge in [-0.1, -0.05) is 12.5 Å². The second-order valence-electron chi connectivity index (χ2n) is 4.39. The van der Waals surface area contributed by atoms with Gasteiger partial charge < -0.3 is 5.73 Å². The second kappa shape index (κ2) is 4.09. The number of hydrogen-bond donors (Lipinski definition) is 1. The van der Waals surface area contributed by atoms with E-state index in [0.717, 1.165) is 6.42 Å². The average molecular weight is 190 g/mol. The van der Waals surface area contributed by atoms with Gasteiger partial charge in [-0.3, -0.25) is 4.98 Å². The van der Waals surface area contributed by atoms with Crippen molar-refractivity contribution in [3.05, 3.63) is 29.6 Å². The zero-order chi connectivity index (χ0) is 9.97. The highest BCUT2D eigenvalue weighted by atomic mass is 14.7. The lowest BCUT2D eigenvalue weighted by Crippen LogP contribution is -2.26. The number of rotatable bonds is 2. The molecule has 1 aliphatic rings. The first-order valence-corrected chi connectivity index (χ1v) is 5.43. The van der Waals surface area contributed by atoms with Crippen LogP contribution in [0.4, 0.5) is 0 Å². The molecule has 0 amide bonds. The van der Waals surface area contributed by atoms with E-state index in [1.54, 1.807) is 0 Å². The van der Waals surface area contributed by atoms with Gasteiger partial charge in [0.2, 0.25) is 0 Å². The number of pyridine rings is 1. The van der Waals surface area contributed by atoms with Crippen molar-refractivity contribution in [1.82, 2.24) is 4.98 Å². The number of nitrogens with zero attached hydrogens (tertiary/aromatic N) is 1.